The topological polar surface area (TPSA) is 41.6 Å². The van der Waals surface area contributed by atoms with Gasteiger partial charge in [-0.1, -0.05) is 12.1 Å². The Balaban J connectivity index is 1.75. The quantitative estimate of drug-likeness (QED) is 0.856. The Morgan fingerprint density at radius 1 is 1.39 bits per heavy atom. The minimum absolute atomic E-state index is 0.204. The Labute approximate surface area is 108 Å². The number of amides is 1. The van der Waals surface area contributed by atoms with Gasteiger partial charge in [-0.05, 0) is 30.5 Å². The van der Waals surface area contributed by atoms with Crippen LogP contribution in [0.15, 0.2) is 24.3 Å². The van der Waals surface area contributed by atoms with Crippen molar-refractivity contribution in [2.24, 2.45) is 0 Å². The predicted octanol–water partition coefficient (Wildman–Crippen LogP) is 1.41. The molecule has 4 heteroatoms. The lowest BCUT2D eigenvalue weighted by Gasteiger charge is -2.15. The van der Waals surface area contributed by atoms with Crippen LogP contribution in [0.2, 0.25) is 0 Å². The molecular weight excluding hydrogens is 228 g/mol. The summed E-state index contributed by atoms with van der Waals surface area (Å²) in [7, 11) is 1.66. The number of hydrogen-bond acceptors (Lipinski definition) is 3. The van der Waals surface area contributed by atoms with E-state index in [0.29, 0.717) is 13.1 Å². The molecule has 1 saturated heterocycles. The van der Waals surface area contributed by atoms with Crippen molar-refractivity contribution < 1.29 is 9.53 Å². The summed E-state index contributed by atoms with van der Waals surface area (Å²) in [5.74, 6) is 1.05. The summed E-state index contributed by atoms with van der Waals surface area (Å²) in [5, 5.41) is 3.18. The molecule has 0 atom stereocenters. The molecule has 1 heterocycles. The number of methoxy groups -OCH3 is 1. The van der Waals surface area contributed by atoms with Crippen molar-refractivity contribution in [3.05, 3.63) is 29.8 Å². The molecule has 0 spiro atoms. The van der Waals surface area contributed by atoms with Crippen molar-refractivity contribution in [3.63, 3.8) is 0 Å². The highest BCUT2D eigenvalue weighted by molar-refractivity contribution is 5.78. The molecule has 0 saturated carbocycles. The van der Waals surface area contributed by atoms with Crippen molar-refractivity contribution in [3.8, 4) is 5.75 Å². The molecule has 1 aromatic rings. The van der Waals surface area contributed by atoms with Crippen LogP contribution in [0.25, 0.3) is 0 Å². The number of benzene rings is 1. The van der Waals surface area contributed by atoms with Gasteiger partial charge in [-0.15, -0.1) is 0 Å². The minimum Gasteiger partial charge on any atom is -0.497 e. The number of likely N-dealkylation sites (tertiary alicyclic amines) is 1. The molecular formula is C14H20N2O2. The molecule has 0 unspecified atom stereocenters. The van der Waals surface area contributed by atoms with Gasteiger partial charge in [0.1, 0.15) is 5.75 Å². The van der Waals surface area contributed by atoms with E-state index in [-0.39, 0.29) is 5.91 Å². The van der Waals surface area contributed by atoms with Gasteiger partial charge < -0.3 is 15.0 Å². The van der Waals surface area contributed by atoms with Gasteiger partial charge in [-0.25, -0.2) is 0 Å². The third-order valence-electron chi connectivity index (χ3n) is 3.20. The summed E-state index contributed by atoms with van der Waals surface area (Å²) >= 11 is 0. The van der Waals surface area contributed by atoms with Crippen LogP contribution in [0, 0.1) is 0 Å². The van der Waals surface area contributed by atoms with Gasteiger partial charge in [0.15, 0.2) is 0 Å². The second-order valence-corrected chi connectivity index (χ2v) is 4.54. The lowest BCUT2D eigenvalue weighted by molar-refractivity contribution is -0.129. The SMILES string of the molecule is COc1cccc(CNCC(=O)N2CCCC2)c1. The molecule has 0 bridgehead atoms. The van der Waals surface area contributed by atoms with Crippen molar-refractivity contribution >= 4 is 5.91 Å². The summed E-state index contributed by atoms with van der Waals surface area (Å²) in [5.41, 5.74) is 1.13. The number of rotatable bonds is 5. The third kappa shape index (κ3) is 3.47. The fourth-order valence-electron chi connectivity index (χ4n) is 2.17. The van der Waals surface area contributed by atoms with Crippen LogP contribution < -0.4 is 10.1 Å². The van der Waals surface area contributed by atoms with Gasteiger partial charge in [-0.3, -0.25) is 4.79 Å². The van der Waals surface area contributed by atoms with Gasteiger partial charge in [0.25, 0.3) is 0 Å². The zero-order valence-electron chi connectivity index (χ0n) is 10.8. The number of carbonyl (C=O) groups excluding carboxylic acids is 1. The Hall–Kier alpha value is -1.55. The highest BCUT2D eigenvalue weighted by Gasteiger charge is 2.16. The average molecular weight is 248 g/mol. The molecule has 18 heavy (non-hydrogen) atoms. The Kier molecular flexibility index (Phi) is 4.59. The Morgan fingerprint density at radius 2 is 2.17 bits per heavy atom. The normalized spacial score (nSPS) is 14.8. The molecule has 0 aliphatic carbocycles. The summed E-state index contributed by atoms with van der Waals surface area (Å²) in [6, 6.07) is 7.88. The first kappa shape index (κ1) is 12.9. The van der Waals surface area contributed by atoms with E-state index in [2.05, 4.69) is 5.32 Å². The number of carbonyl (C=O) groups is 1. The van der Waals surface area contributed by atoms with Crippen molar-refractivity contribution in [2.45, 2.75) is 19.4 Å². The van der Waals surface area contributed by atoms with Crippen LogP contribution >= 0.6 is 0 Å². The van der Waals surface area contributed by atoms with Crippen LogP contribution in [-0.2, 0) is 11.3 Å². The summed E-state index contributed by atoms with van der Waals surface area (Å²) in [6.45, 7) is 2.94. The lowest BCUT2D eigenvalue weighted by Crippen LogP contribution is -2.35. The predicted molar refractivity (Wildman–Crippen MR) is 70.5 cm³/mol. The zero-order valence-corrected chi connectivity index (χ0v) is 10.8. The number of nitrogens with one attached hydrogen (secondary N) is 1. The van der Waals surface area contributed by atoms with Gasteiger partial charge in [-0.2, -0.15) is 0 Å². The van der Waals surface area contributed by atoms with Crippen molar-refractivity contribution in [1.29, 1.82) is 0 Å². The summed E-state index contributed by atoms with van der Waals surface area (Å²) in [6.07, 6.45) is 2.28. The average Bonchev–Trinajstić information content (AvgIpc) is 2.93. The molecule has 1 aliphatic rings. The van der Waals surface area contributed by atoms with E-state index in [9.17, 15) is 4.79 Å². The summed E-state index contributed by atoms with van der Waals surface area (Å²) < 4.78 is 5.16. The van der Waals surface area contributed by atoms with E-state index in [0.717, 1.165) is 37.2 Å². The second kappa shape index (κ2) is 6.40. The fourth-order valence-corrected chi connectivity index (χ4v) is 2.17. The third-order valence-corrected chi connectivity index (χ3v) is 3.20. The van der Waals surface area contributed by atoms with Gasteiger partial charge >= 0.3 is 0 Å². The van der Waals surface area contributed by atoms with Gasteiger partial charge in [0, 0.05) is 19.6 Å². The molecule has 4 nitrogen and oxygen atoms in total. The molecule has 98 valence electrons. The maximum absolute atomic E-state index is 11.8. The van der Waals surface area contributed by atoms with Crippen molar-refractivity contribution in [2.75, 3.05) is 26.7 Å². The van der Waals surface area contributed by atoms with E-state index in [1.54, 1.807) is 7.11 Å². The van der Waals surface area contributed by atoms with E-state index in [4.69, 9.17) is 4.74 Å². The molecule has 2 rings (SSSR count). The second-order valence-electron chi connectivity index (χ2n) is 4.54. The Morgan fingerprint density at radius 3 is 2.89 bits per heavy atom. The monoisotopic (exact) mass is 248 g/mol. The maximum atomic E-state index is 11.8. The number of hydrogen-bond donors (Lipinski definition) is 1. The van der Waals surface area contributed by atoms with Crippen LogP contribution in [0.3, 0.4) is 0 Å². The molecule has 0 radical (unpaired) electrons. The van der Waals surface area contributed by atoms with Crippen LogP contribution in [-0.4, -0.2) is 37.6 Å². The molecule has 1 aromatic carbocycles. The van der Waals surface area contributed by atoms with Gasteiger partial charge in [0.05, 0.1) is 13.7 Å². The Bertz CT molecular complexity index is 401. The minimum atomic E-state index is 0.204. The van der Waals surface area contributed by atoms with E-state index < -0.39 is 0 Å². The number of nitrogens with zero attached hydrogens (tertiary/aromatic N) is 1. The van der Waals surface area contributed by atoms with E-state index in [1.807, 2.05) is 29.2 Å². The standard InChI is InChI=1S/C14H20N2O2/c1-18-13-6-4-5-12(9-13)10-15-11-14(17)16-7-2-3-8-16/h4-6,9,15H,2-3,7-8,10-11H2,1H3. The van der Waals surface area contributed by atoms with Crippen LogP contribution in [0.1, 0.15) is 18.4 Å². The lowest BCUT2D eigenvalue weighted by atomic mass is 10.2. The fraction of sp³-hybridized carbons (Fsp3) is 0.500. The van der Waals surface area contributed by atoms with E-state index >= 15 is 0 Å². The highest BCUT2D eigenvalue weighted by Crippen LogP contribution is 2.12. The number of ether oxygens (including phenoxy) is 1. The summed E-state index contributed by atoms with van der Waals surface area (Å²) in [4.78, 5) is 13.7. The largest absolute Gasteiger partial charge is 0.497 e. The van der Waals surface area contributed by atoms with Crippen LogP contribution in [0.5, 0.6) is 5.75 Å². The van der Waals surface area contributed by atoms with Crippen LogP contribution in [0.4, 0.5) is 0 Å². The molecule has 1 aliphatic heterocycles. The van der Waals surface area contributed by atoms with E-state index in [1.165, 1.54) is 0 Å². The van der Waals surface area contributed by atoms with Gasteiger partial charge in [0.2, 0.25) is 5.91 Å². The first-order valence-corrected chi connectivity index (χ1v) is 6.41. The molecule has 1 N–H and O–H groups in total. The first-order valence-electron chi connectivity index (χ1n) is 6.41. The zero-order chi connectivity index (χ0) is 12.8. The maximum Gasteiger partial charge on any atom is 0.236 e. The first-order chi connectivity index (χ1) is 8.79. The smallest absolute Gasteiger partial charge is 0.236 e. The highest BCUT2D eigenvalue weighted by atomic mass is 16.5. The molecule has 1 fully saturated rings. The molecule has 1 amide bonds. The molecule has 0 aromatic heterocycles. The van der Waals surface area contributed by atoms with Crippen molar-refractivity contribution in [1.82, 2.24) is 10.2 Å².